The maximum atomic E-state index is 13.6. The van der Waals surface area contributed by atoms with E-state index in [1.807, 2.05) is 0 Å². The molecule has 1 heterocycles. The van der Waals surface area contributed by atoms with E-state index in [1.165, 1.54) is 18.2 Å². The lowest BCUT2D eigenvalue weighted by Crippen LogP contribution is -2.00. The number of halogens is 2. The van der Waals surface area contributed by atoms with E-state index in [0.29, 0.717) is 4.47 Å². The molecule has 0 atom stereocenters. The van der Waals surface area contributed by atoms with Gasteiger partial charge in [0.1, 0.15) is 5.82 Å². The van der Waals surface area contributed by atoms with Crippen molar-refractivity contribution >= 4 is 34.1 Å². The molecule has 0 aliphatic heterocycles. The highest BCUT2D eigenvalue weighted by molar-refractivity contribution is 9.10. The molecule has 1 aromatic heterocycles. The Morgan fingerprint density at radius 3 is 2.76 bits per heavy atom. The van der Waals surface area contributed by atoms with Crippen molar-refractivity contribution in [2.24, 2.45) is 0 Å². The summed E-state index contributed by atoms with van der Waals surface area (Å²) < 4.78 is 14.4. The number of carboxylic acids is 1. The molecule has 0 amide bonds. The van der Waals surface area contributed by atoms with Crippen LogP contribution in [0.2, 0.25) is 0 Å². The molecule has 0 aliphatic carbocycles. The van der Waals surface area contributed by atoms with Gasteiger partial charge in [-0.1, -0.05) is 15.9 Å². The average Bonchev–Trinajstić information content (AvgIpc) is 2.64. The number of nitrogens with one attached hydrogen (secondary N) is 2. The van der Waals surface area contributed by atoms with Gasteiger partial charge in [0.15, 0.2) is 10.5 Å². The van der Waals surface area contributed by atoms with Crippen LogP contribution in [0.4, 0.5) is 4.39 Å². The van der Waals surface area contributed by atoms with E-state index in [-0.39, 0.29) is 21.7 Å². The molecule has 0 saturated heterocycles. The third-order valence-electron chi connectivity index (χ3n) is 2.14. The van der Waals surface area contributed by atoms with E-state index in [9.17, 15) is 9.18 Å². The lowest BCUT2D eigenvalue weighted by atomic mass is 10.1. The lowest BCUT2D eigenvalue weighted by Gasteiger charge is -2.02. The van der Waals surface area contributed by atoms with E-state index in [1.54, 1.807) is 0 Å². The zero-order chi connectivity index (χ0) is 12.6. The number of imidazole rings is 1. The maximum absolute atomic E-state index is 13.6. The summed E-state index contributed by atoms with van der Waals surface area (Å²) in [4.78, 5) is 16.1. The van der Waals surface area contributed by atoms with E-state index >= 15 is 0 Å². The third kappa shape index (κ3) is 2.29. The van der Waals surface area contributed by atoms with Crippen LogP contribution in [0.25, 0.3) is 11.3 Å². The summed E-state index contributed by atoms with van der Waals surface area (Å²) in [5.41, 5.74) is 0.109. The van der Waals surface area contributed by atoms with Crippen LogP contribution in [0.15, 0.2) is 22.7 Å². The summed E-state index contributed by atoms with van der Waals surface area (Å²) in [7, 11) is 0. The van der Waals surface area contributed by atoms with Crippen molar-refractivity contribution < 1.29 is 14.3 Å². The van der Waals surface area contributed by atoms with Crippen LogP contribution in [-0.4, -0.2) is 21.0 Å². The summed E-state index contributed by atoms with van der Waals surface area (Å²) in [6.45, 7) is 0. The molecule has 0 spiro atoms. The fourth-order valence-corrected chi connectivity index (χ4v) is 2.00. The minimum absolute atomic E-state index is 0.126. The second kappa shape index (κ2) is 4.42. The van der Waals surface area contributed by atoms with Gasteiger partial charge >= 0.3 is 5.97 Å². The normalized spacial score (nSPS) is 10.5. The molecule has 0 bridgehead atoms. The molecular formula is C10H6BrFN2O2S. The smallest absolute Gasteiger partial charge is 0.354 e. The standard InChI is InChI=1S/C10H6BrFN2O2S/c11-4-1-2-6(12)5(3-4)7-8(9(15)16)14-10(17)13-7/h1-3H,(H,15,16)(H2,13,14,17). The van der Waals surface area contributed by atoms with Gasteiger partial charge in [-0.25, -0.2) is 9.18 Å². The van der Waals surface area contributed by atoms with Crippen molar-refractivity contribution in [2.75, 3.05) is 0 Å². The van der Waals surface area contributed by atoms with Crippen LogP contribution >= 0.6 is 28.1 Å². The van der Waals surface area contributed by atoms with Gasteiger partial charge in [0.2, 0.25) is 0 Å². The van der Waals surface area contributed by atoms with Crippen molar-refractivity contribution in [3.05, 3.63) is 39.0 Å². The van der Waals surface area contributed by atoms with Gasteiger partial charge in [0, 0.05) is 10.0 Å². The molecule has 0 radical (unpaired) electrons. The first-order valence-electron chi connectivity index (χ1n) is 4.50. The van der Waals surface area contributed by atoms with Crippen LogP contribution in [-0.2, 0) is 0 Å². The van der Waals surface area contributed by atoms with Crippen molar-refractivity contribution in [2.45, 2.75) is 0 Å². The van der Waals surface area contributed by atoms with Gasteiger partial charge in [-0.3, -0.25) is 0 Å². The third-order valence-corrected chi connectivity index (χ3v) is 2.84. The molecule has 2 aromatic rings. The topological polar surface area (TPSA) is 68.9 Å². The second-order valence-electron chi connectivity index (χ2n) is 3.26. The predicted octanol–water partition coefficient (Wildman–Crippen LogP) is 3.34. The number of carbonyl (C=O) groups is 1. The number of aromatic amines is 2. The van der Waals surface area contributed by atoms with Crippen molar-refractivity contribution in [3.8, 4) is 11.3 Å². The average molecular weight is 317 g/mol. The first-order chi connectivity index (χ1) is 7.99. The Kier molecular flexibility index (Phi) is 3.12. The summed E-state index contributed by atoms with van der Waals surface area (Å²) in [6.07, 6.45) is 0. The van der Waals surface area contributed by atoms with Crippen molar-refractivity contribution in [1.29, 1.82) is 0 Å². The first-order valence-corrected chi connectivity index (χ1v) is 5.70. The van der Waals surface area contributed by atoms with Crippen LogP contribution in [0.5, 0.6) is 0 Å². The zero-order valence-corrected chi connectivity index (χ0v) is 10.7. The molecule has 2 rings (SSSR count). The van der Waals surface area contributed by atoms with Gasteiger partial charge in [-0.05, 0) is 30.4 Å². The highest BCUT2D eigenvalue weighted by Crippen LogP contribution is 2.27. The number of aromatic nitrogens is 2. The van der Waals surface area contributed by atoms with Gasteiger partial charge in [0.25, 0.3) is 0 Å². The molecule has 0 fully saturated rings. The van der Waals surface area contributed by atoms with Crippen LogP contribution in [0, 0.1) is 10.6 Å². The Morgan fingerprint density at radius 1 is 1.41 bits per heavy atom. The summed E-state index contributed by atoms with van der Waals surface area (Å²) in [6, 6.07) is 4.26. The Balaban J connectivity index is 2.72. The maximum Gasteiger partial charge on any atom is 0.354 e. The molecule has 0 unspecified atom stereocenters. The van der Waals surface area contributed by atoms with E-state index in [0.717, 1.165) is 0 Å². The Morgan fingerprint density at radius 2 is 2.12 bits per heavy atom. The molecule has 88 valence electrons. The van der Waals surface area contributed by atoms with Gasteiger partial charge in [-0.15, -0.1) is 0 Å². The zero-order valence-electron chi connectivity index (χ0n) is 8.25. The van der Waals surface area contributed by atoms with E-state index < -0.39 is 11.8 Å². The van der Waals surface area contributed by atoms with Crippen LogP contribution < -0.4 is 0 Å². The Labute approximate surface area is 109 Å². The Hall–Kier alpha value is -1.47. The number of aromatic carboxylic acids is 1. The number of rotatable bonds is 2. The van der Waals surface area contributed by atoms with E-state index in [2.05, 4.69) is 25.9 Å². The van der Waals surface area contributed by atoms with Crippen molar-refractivity contribution in [3.63, 3.8) is 0 Å². The molecule has 0 saturated carbocycles. The summed E-state index contributed by atoms with van der Waals surface area (Å²) in [5, 5.41) is 8.97. The highest BCUT2D eigenvalue weighted by Gasteiger charge is 2.17. The first kappa shape index (κ1) is 12.0. The lowest BCUT2D eigenvalue weighted by molar-refractivity contribution is 0.0692. The number of benzene rings is 1. The predicted molar refractivity (Wildman–Crippen MR) is 66.0 cm³/mol. The largest absolute Gasteiger partial charge is 0.477 e. The number of hydrogen-bond donors (Lipinski definition) is 3. The molecule has 4 nitrogen and oxygen atoms in total. The fraction of sp³-hybridized carbons (Fsp3) is 0. The highest BCUT2D eigenvalue weighted by atomic mass is 79.9. The van der Waals surface area contributed by atoms with Crippen LogP contribution in [0.1, 0.15) is 10.5 Å². The number of H-pyrrole nitrogens is 2. The number of carboxylic acid groups (broad SMARTS) is 1. The summed E-state index contributed by atoms with van der Waals surface area (Å²) >= 11 is 8.00. The monoisotopic (exact) mass is 316 g/mol. The molecule has 0 aliphatic rings. The fourth-order valence-electron chi connectivity index (χ4n) is 1.43. The van der Waals surface area contributed by atoms with Gasteiger partial charge in [-0.2, -0.15) is 0 Å². The van der Waals surface area contributed by atoms with E-state index in [4.69, 9.17) is 17.3 Å². The SMILES string of the molecule is O=C(O)c1[nH]c(=S)[nH]c1-c1cc(Br)ccc1F. The molecule has 3 N–H and O–H groups in total. The molecule has 1 aromatic carbocycles. The molecular weight excluding hydrogens is 311 g/mol. The quantitative estimate of drug-likeness (QED) is 0.744. The van der Waals surface area contributed by atoms with Gasteiger partial charge < -0.3 is 15.1 Å². The molecule has 17 heavy (non-hydrogen) atoms. The van der Waals surface area contributed by atoms with Gasteiger partial charge in [0.05, 0.1) is 5.69 Å². The minimum Gasteiger partial charge on any atom is -0.477 e. The number of hydrogen-bond acceptors (Lipinski definition) is 2. The molecule has 7 heteroatoms. The van der Waals surface area contributed by atoms with Crippen molar-refractivity contribution in [1.82, 2.24) is 9.97 Å². The summed E-state index contributed by atoms with van der Waals surface area (Å²) in [5.74, 6) is -1.73. The second-order valence-corrected chi connectivity index (χ2v) is 4.58. The van der Waals surface area contributed by atoms with Crippen LogP contribution in [0.3, 0.4) is 0 Å². The Bertz CT molecular complexity index is 650. The minimum atomic E-state index is -1.20.